The molecule has 0 saturated carbocycles. The first-order valence-corrected chi connectivity index (χ1v) is 9.08. The largest absolute Gasteiger partial charge is 0.492 e. The minimum absolute atomic E-state index is 0.174. The van der Waals surface area contributed by atoms with Gasteiger partial charge in [0.25, 0.3) is 0 Å². The number of ether oxygens (including phenoxy) is 1. The van der Waals surface area contributed by atoms with Crippen molar-refractivity contribution >= 4 is 27.7 Å². The van der Waals surface area contributed by atoms with Crippen LogP contribution in [-0.4, -0.2) is 48.6 Å². The van der Waals surface area contributed by atoms with Crippen molar-refractivity contribution in [3.63, 3.8) is 0 Å². The van der Waals surface area contributed by atoms with E-state index in [2.05, 4.69) is 15.9 Å². The number of para-hydroxylation sites is 1. The summed E-state index contributed by atoms with van der Waals surface area (Å²) in [6.45, 7) is -0.675. The molecule has 1 N–H and O–H groups in total. The monoisotopic (exact) mass is 436 g/mol. The fraction of sp³-hybridized carbons (Fsp3) is 0.529. The van der Waals surface area contributed by atoms with Crippen LogP contribution >= 0.6 is 15.9 Å². The number of halogens is 4. The Morgan fingerprint density at radius 3 is 2.73 bits per heavy atom. The zero-order valence-electron chi connectivity index (χ0n) is 14.0. The second-order valence-electron chi connectivity index (χ2n) is 5.96. The molecule has 0 spiro atoms. The van der Waals surface area contributed by atoms with Gasteiger partial charge in [0.1, 0.15) is 18.3 Å². The quantitative estimate of drug-likeness (QED) is 0.667. The van der Waals surface area contributed by atoms with E-state index in [-0.39, 0.29) is 12.3 Å². The van der Waals surface area contributed by atoms with E-state index in [0.717, 1.165) is 4.47 Å². The van der Waals surface area contributed by atoms with E-state index >= 15 is 0 Å². The van der Waals surface area contributed by atoms with Gasteiger partial charge in [0.2, 0.25) is 11.8 Å². The Bertz CT molecular complexity index is 640. The molecular weight excluding hydrogens is 417 g/mol. The lowest BCUT2D eigenvalue weighted by Crippen LogP contribution is -2.48. The summed E-state index contributed by atoms with van der Waals surface area (Å²) in [4.78, 5) is 25.6. The van der Waals surface area contributed by atoms with Crippen molar-refractivity contribution in [3.05, 3.63) is 28.7 Å². The number of hydrogen-bond acceptors (Lipinski definition) is 3. The minimum atomic E-state index is -4.47. The second-order valence-corrected chi connectivity index (χ2v) is 6.81. The second kappa shape index (κ2) is 9.25. The molecule has 1 aromatic carbocycles. The van der Waals surface area contributed by atoms with Crippen molar-refractivity contribution in [1.82, 2.24) is 10.2 Å². The number of carbonyl (C=O) groups excluding carboxylic acids is 2. The van der Waals surface area contributed by atoms with E-state index in [1.807, 2.05) is 23.5 Å². The molecule has 1 aliphatic heterocycles. The van der Waals surface area contributed by atoms with Gasteiger partial charge in [0.15, 0.2) is 0 Å². The lowest BCUT2D eigenvalue weighted by molar-refractivity contribution is -0.144. The lowest BCUT2D eigenvalue weighted by atomic mass is 10.2. The number of nitrogens with one attached hydrogen (secondary N) is 1. The highest BCUT2D eigenvalue weighted by molar-refractivity contribution is 9.10. The molecule has 9 heteroatoms. The molecule has 2 rings (SSSR count). The third-order valence-corrected chi connectivity index (χ3v) is 4.62. The van der Waals surface area contributed by atoms with Crippen LogP contribution in [0.2, 0.25) is 0 Å². The number of nitrogens with zero attached hydrogens (tertiary/aromatic N) is 1. The fourth-order valence-corrected chi connectivity index (χ4v) is 3.15. The highest BCUT2D eigenvalue weighted by atomic mass is 79.9. The number of hydrogen-bond donors (Lipinski definition) is 1. The molecule has 1 aliphatic rings. The molecule has 26 heavy (non-hydrogen) atoms. The molecule has 1 fully saturated rings. The van der Waals surface area contributed by atoms with Crippen LogP contribution < -0.4 is 10.1 Å². The Kier molecular flexibility index (Phi) is 7.31. The first kappa shape index (κ1) is 20.5. The van der Waals surface area contributed by atoms with E-state index in [9.17, 15) is 22.8 Å². The molecule has 1 unspecified atom stereocenters. The summed E-state index contributed by atoms with van der Waals surface area (Å²) in [5.74, 6) is -0.325. The molecule has 1 heterocycles. The van der Waals surface area contributed by atoms with Crippen LogP contribution in [0.3, 0.4) is 0 Å². The Morgan fingerprint density at radius 2 is 2.04 bits per heavy atom. The van der Waals surface area contributed by atoms with Crippen molar-refractivity contribution in [2.45, 2.75) is 37.9 Å². The van der Waals surface area contributed by atoms with Gasteiger partial charge >= 0.3 is 6.18 Å². The SMILES string of the molecule is O=C(NCC(F)(F)F)C1CCCN1C(=O)CCCOc1ccccc1Br. The number of rotatable bonds is 7. The van der Waals surface area contributed by atoms with Crippen molar-refractivity contribution in [1.29, 1.82) is 0 Å². The summed E-state index contributed by atoms with van der Waals surface area (Å²) in [7, 11) is 0. The molecule has 1 aromatic rings. The first-order valence-electron chi connectivity index (χ1n) is 8.29. The fourth-order valence-electron chi connectivity index (χ4n) is 2.75. The van der Waals surface area contributed by atoms with Gasteiger partial charge in [-0.2, -0.15) is 13.2 Å². The van der Waals surface area contributed by atoms with Crippen LogP contribution in [0.4, 0.5) is 13.2 Å². The topological polar surface area (TPSA) is 58.6 Å². The molecule has 0 bridgehead atoms. The van der Waals surface area contributed by atoms with E-state index in [0.29, 0.717) is 38.2 Å². The normalized spacial score (nSPS) is 17.2. The zero-order valence-corrected chi connectivity index (χ0v) is 15.6. The average Bonchev–Trinajstić information content (AvgIpc) is 3.07. The summed E-state index contributed by atoms with van der Waals surface area (Å²) >= 11 is 3.36. The number of amides is 2. The van der Waals surface area contributed by atoms with Gasteiger partial charge in [0, 0.05) is 13.0 Å². The smallest absolute Gasteiger partial charge is 0.405 e. The van der Waals surface area contributed by atoms with Gasteiger partial charge in [-0.05, 0) is 47.3 Å². The van der Waals surface area contributed by atoms with Crippen LogP contribution in [0.1, 0.15) is 25.7 Å². The third kappa shape index (κ3) is 6.19. The zero-order chi connectivity index (χ0) is 19.2. The summed E-state index contributed by atoms with van der Waals surface area (Å²) < 4.78 is 43.1. The summed E-state index contributed by atoms with van der Waals surface area (Å²) in [6, 6.07) is 6.51. The van der Waals surface area contributed by atoms with E-state index in [1.165, 1.54) is 4.90 Å². The molecule has 5 nitrogen and oxygen atoms in total. The average molecular weight is 437 g/mol. The number of benzene rings is 1. The maximum atomic E-state index is 12.3. The van der Waals surface area contributed by atoms with Gasteiger partial charge in [-0.1, -0.05) is 12.1 Å². The van der Waals surface area contributed by atoms with Crippen LogP contribution in [-0.2, 0) is 9.59 Å². The van der Waals surface area contributed by atoms with E-state index < -0.39 is 24.7 Å². The van der Waals surface area contributed by atoms with E-state index in [1.54, 1.807) is 6.07 Å². The maximum Gasteiger partial charge on any atom is 0.405 e. The molecular formula is C17H20BrF3N2O3. The Hall–Kier alpha value is -1.77. The van der Waals surface area contributed by atoms with E-state index in [4.69, 9.17) is 4.74 Å². The molecule has 0 aromatic heterocycles. The molecule has 0 aliphatic carbocycles. The molecule has 2 amide bonds. The Labute approximate surface area is 158 Å². The number of alkyl halides is 3. The van der Waals surface area contributed by atoms with Crippen molar-refractivity contribution in [3.8, 4) is 5.75 Å². The van der Waals surface area contributed by atoms with Crippen LogP contribution in [0.15, 0.2) is 28.7 Å². The summed E-state index contributed by atoms with van der Waals surface area (Å²) in [5, 5.41) is 1.86. The molecule has 1 atom stereocenters. The first-order chi connectivity index (χ1) is 12.3. The molecule has 1 saturated heterocycles. The van der Waals surface area contributed by atoms with Crippen LogP contribution in [0, 0.1) is 0 Å². The Balaban J connectivity index is 1.77. The predicted octanol–water partition coefficient (Wildman–Crippen LogP) is 3.28. The minimum Gasteiger partial charge on any atom is -0.492 e. The van der Waals surface area contributed by atoms with Crippen LogP contribution in [0.25, 0.3) is 0 Å². The van der Waals surface area contributed by atoms with Crippen molar-refractivity contribution in [2.75, 3.05) is 19.7 Å². The number of likely N-dealkylation sites (tertiary alicyclic amines) is 1. The third-order valence-electron chi connectivity index (χ3n) is 3.97. The predicted molar refractivity (Wildman–Crippen MR) is 92.7 cm³/mol. The van der Waals surface area contributed by atoms with Crippen molar-refractivity contribution < 1.29 is 27.5 Å². The highest BCUT2D eigenvalue weighted by Gasteiger charge is 2.36. The lowest BCUT2D eigenvalue weighted by Gasteiger charge is -2.24. The standard InChI is InChI=1S/C17H20BrF3N2O3/c18-12-5-1-2-7-14(12)26-10-4-8-15(24)23-9-3-6-13(23)16(25)22-11-17(19,20)21/h1-2,5,7,13H,3-4,6,8-11H2,(H,22,25). The summed E-state index contributed by atoms with van der Waals surface area (Å²) in [5.41, 5.74) is 0. The maximum absolute atomic E-state index is 12.3. The van der Waals surface area contributed by atoms with Gasteiger partial charge in [0.05, 0.1) is 11.1 Å². The van der Waals surface area contributed by atoms with Gasteiger partial charge in [-0.3, -0.25) is 9.59 Å². The van der Waals surface area contributed by atoms with Gasteiger partial charge < -0.3 is 15.0 Å². The van der Waals surface area contributed by atoms with Gasteiger partial charge in [-0.25, -0.2) is 0 Å². The number of carbonyl (C=O) groups is 2. The molecule has 144 valence electrons. The van der Waals surface area contributed by atoms with Crippen molar-refractivity contribution in [2.24, 2.45) is 0 Å². The highest BCUT2D eigenvalue weighted by Crippen LogP contribution is 2.24. The molecule has 0 radical (unpaired) electrons. The van der Waals surface area contributed by atoms with Gasteiger partial charge in [-0.15, -0.1) is 0 Å². The summed E-state index contributed by atoms with van der Waals surface area (Å²) in [6.07, 6.45) is -2.86. The Morgan fingerprint density at radius 1 is 1.31 bits per heavy atom. The van der Waals surface area contributed by atoms with Crippen LogP contribution in [0.5, 0.6) is 5.75 Å².